The Morgan fingerprint density at radius 2 is 1.92 bits per heavy atom. The van der Waals surface area contributed by atoms with Gasteiger partial charge in [0, 0.05) is 17.6 Å². The molecule has 3 aliphatic rings. The molecule has 2 aromatic rings. The van der Waals surface area contributed by atoms with Gasteiger partial charge in [0.2, 0.25) is 0 Å². The van der Waals surface area contributed by atoms with Gasteiger partial charge in [-0.05, 0) is 69.1 Å². The molecule has 1 N–H and O–H groups in total. The first-order chi connectivity index (χ1) is 12.0. The number of furan rings is 1. The molecule has 6 heteroatoms. The zero-order chi connectivity index (χ0) is 17.6. The molecule has 5 rings (SSSR count). The van der Waals surface area contributed by atoms with Crippen molar-refractivity contribution in [2.24, 2.45) is 5.92 Å². The van der Waals surface area contributed by atoms with Crippen molar-refractivity contribution in [2.75, 3.05) is 13.1 Å². The van der Waals surface area contributed by atoms with Crippen molar-refractivity contribution in [1.82, 2.24) is 10.2 Å². The predicted molar refractivity (Wildman–Crippen MR) is 89.1 cm³/mol. The average molecular weight is 346 g/mol. The number of amides is 1. The fraction of sp³-hybridized carbons (Fsp3) is 0.421. The summed E-state index contributed by atoms with van der Waals surface area (Å²) >= 11 is 0. The molecular formula is C19H20F2N2O2. The molecule has 3 fully saturated rings. The first-order valence-corrected chi connectivity index (χ1v) is 8.63. The first-order valence-electron chi connectivity index (χ1n) is 8.63. The van der Waals surface area contributed by atoms with Gasteiger partial charge < -0.3 is 9.73 Å². The lowest BCUT2D eigenvalue weighted by Gasteiger charge is -2.49. The van der Waals surface area contributed by atoms with Crippen LogP contribution in [0, 0.1) is 17.6 Å². The molecule has 4 heterocycles. The Labute approximate surface area is 144 Å². The zero-order valence-corrected chi connectivity index (χ0v) is 14.0. The van der Waals surface area contributed by atoms with Crippen LogP contribution in [-0.4, -0.2) is 36.0 Å². The fourth-order valence-corrected chi connectivity index (χ4v) is 4.03. The van der Waals surface area contributed by atoms with Crippen molar-refractivity contribution in [3.8, 4) is 11.3 Å². The normalized spacial score (nSPS) is 28.1. The van der Waals surface area contributed by atoms with E-state index in [1.165, 1.54) is 6.07 Å². The number of fused-ring (bicyclic) bond motifs is 3. The summed E-state index contributed by atoms with van der Waals surface area (Å²) in [6, 6.07) is 7.13. The standard InChI is InChI=1S/C19H20F2N2O2/c1-11-18(12-6-8-23(11)9-7-12)22-19(24)17-5-4-16(25-17)13-2-3-14(20)15(21)10-13/h2-5,10-12,18H,6-9H2,1H3,(H,22,24)/t11-,18-/m0/s1. The number of benzene rings is 1. The van der Waals surface area contributed by atoms with E-state index in [2.05, 4.69) is 17.1 Å². The average Bonchev–Trinajstić information content (AvgIpc) is 3.11. The number of piperidine rings is 3. The van der Waals surface area contributed by atoms with E-state index >= 15 is 0 Å². The Balaban J connectivity index is 1.50. The largest absolute Gasteiger partial charge is 0.451 e. The Morgan fingerprint density at radius 3 is 2.60 bits per heavy atom. The summed E-state index contributed by atoms with van der Waals surface area (Å²) in [6.45, 7) is 4.34. The molecule has 0 saturated carbocycles. The van der Waals surface area contributed by atoms with Crippen LogP contribution < -0.4 is 5.32 Å². The summed E-state index contributed by atoms with van der Waals surface area (Å²) in [6.07, 6.45) is 2.21. The highest BCUT2D eigenvalue weighted by Gasteiger charge is 2.40. The van der Waals surface area contributed by atoms with E-state index < -0.39 is 11.6 Å². The summed E-state index contributed by atoms with van der Waals surface area (Å²) in [7, 11) is 0. The van der Waals surface area contributed by atoms with Gasteiger partial charge in [-0.3, -0.25) is 9.69 Å². The highest BCUT2D eigenvalue weighted by Crippen LogP contribution is 2.32. The third-order valence-electron chi connectivity index (χ3n) is 5.51. The monoisotopic (exact) mass is 346 g/mol. The van der Waals surface area contributed by atoms with Crippen LogP contribution in [0.2, 0.25) is 0 Å². The molecule has 0 radical (unpaired) electrons. The third kappa shape index (κ3) is 2.95. The third-order valence-corrected chi connectivity index (χ3v) is 5.51. The quantitative estimate of drug-likeness (QED) is 0.926. The van der Waals surface area contributed by atoms with Gasteiger partial charge in [-0.1, -0.05) is 0 Å². The van der Waals surface area contributed by atoms with Crippen LogP contribution in [0.4, 0.5) is 8.78 Å². The molecule has 1 aromatic heterocycles. The van der Waals surface area contributed by atoms with Crippen LogP contribution in [0.15, 0.2) is 34.7 Å². The lowest BCUT2D eigenvalue weighted by atomic mass is 9.79. The van der Waals surface area contributed by atoms with Gasteiger partial charge >= 0.3 is 0 Å². The number of nitrogens with zero attached hydrogens (tertiary/aromatic N) is 1. The summed E-state index contributed by atoms with van der Waals surface area (Å²) in [5.74, 6) is -1.09. The van der Waals surface area contributed by atoms with Gasteiger partial charge in [0.15, 0.2) is 17.4 Å². The van der Waals surface area contributed by atoms with Crippen molar-refractivity contribution in [3.05, 3.63) is 47.7 Å². The van der Waals surface area contributed by atoms with Crippen LogP contribution in [-0.2, 0) is 0 Å². The van der Waals surface area contributed by atoms with Crippen molar-refractivity contribution in [3.63, 3.8) is 0 Å². The molecule has 1 aromatic carbocycles. The van der Waals surface area contributed by atoms with Crippen molar-refractivity contribution >= 4 is 5.91 Å². The molecule has 0 aliphatic carbocycles. The maximum Gasteiger partial charge on any atom is 0.287 e. The Hall–Kier alpha value is -2.21. The lowest BCUT2D eigenvalue weighted by molar-refractivity contribution is 0.0211. The van der Waals surface area contributed by atoms with Gasteiger partial charge in [-0.25, -0.2) is 8.78 Å². The molecule has 3 saturated heterocycles. The van der Waals surface area contributed by atoms with E-state index in [9.17, 15) is 13.6 Å². The SMILES string of the molecule is C[C@H]1[C@H](NC(=O)c2ccc(-c3ccc(F)c(F)c3)o2)C2CCN1CC2. The van der Waals surface area contributed by atoms with Crippen LogP contribution >= 0.6 is 0 Å². The van der Waals surface area contributed by atoms with Gasteiger partial charge in [-0.2, -0.15) is 0 Å². The maximum absolute atomic E-state index is 13.4. The summed E-state index contributed by atoms with van der Waals surface area (Å²) in [5.41, 5.74) is 0.397. The minimum Gasteiger partial charge on any atom is -0.451 e. The van der Waals surface area contributed by atoms with Crippen LogP contribution in [0.25, 0.3) is 11.3 Å². The van der Waals surface area contributed by atoms with E-state index in [1.54, 1.807) is 12.1 Å². The summed E-state index contributed by atoms with van der Waals surface area (Å²) in [4.78, 5) is 14.9. The molecule has 1 amide bonds. The molecule has 132 valence electrons. The number of rotatable bonds is 3. The van der Waals surface area contributed by atoms with Crippen molar-refractivity contribution in [2.45, 2.75) is 31.8 Å². The van der Waals surface area contributed by atoms with Crippen LogP contribution in [0.3, 0.4) is 0 Å². The second kappa shape index (κ2) is 6.26. The molecule has 0 spiro atoms. The van der Waals surface area contributed by atoms with Crippen molar-refractivity contribution in [1.29, 1.82) is 0 Å². The molecule has 3 aliphatic heterocycles. The van der Waals surface area contributed by atoms with Gasteiger partial charge in [0.05, 0.1) is 0 Å². The van der Waals surface area contributed by atoms with Crippen LogP contribution in [0.5, 0.6) is 0 Å². The van der Waals surface area contributed by atoms with E-state index in [0.717, 1.165) is 38.1 Å². The fourth-order valence-electron chi connectivity index (χ4n) is 4.03. The Kier molecular flexibility index (Phi) is 4.07. The van der Waals surface area contributed by atoms with Crippen LogP contribution in [0.1, 0.15) is 30.3 Å². The molecule has 0 unspecified atom stereocenters. The predicted octanol–water partition coefficient (Wildman–Crippen LogP) is 3.44. The number of carbonyl (C=O) groups excluding carboxylic acids is 1. The molecule has 2 atom stereocenters. The molecule has 25 heavy (non-hydrogen) atoms. The molecular weight excluding hydrogens is 326 g/mol. The number of hydrogen-bond donors (Lipinski definition) is 1. The van der Waals surface area contributed by atoms with E-state index in [1.807, 2.05) is 0 Å². The minimum atomic E-state index is -0.944. The van der Waals surface area contributed by atoms with Gasteiger partial charge in [0.25, 0.3) is 5.91 Å². The first kappa shape index (κ1) is 16.3. The van der Waals surface area contributed by atoms with Gasteiger partial charge in [-0.15, -0.1) is 0 Å². The highest BCUT2D eigenvalue weighted by molar-refractivity contribution is 5.92. The lowest BCUT2D eigenvalue weighted by Crippen LogP contribution is -2.62. The maximum atomic E-state index is 13.4. The van der Waals surface area contributed by atoms with Crippen molar-refractivity contribution < 1.29 is 18.0 Å². The zero-order valence-electron chi connectivity index (χ0n) is 14.0. The topological polar surface area (TPSA) is 45.5 Å². The second-order valence-corrected chi connectivity index (χ2v) is 6.91. The number of nitrogens with one attached hydrogen (secondary N) is 1. The summed E-state index contributed by atoms with van der Waals surface area (Å²) in [5, 5.41) is 3.09. The highest BCUT2D eigenvalue weighted by atomic mass is 19.2. The summed E-state index contributed by atoms with van der Waals surface area (Å²) < 4.78 is 32.0. The second-order valence-electron chi connectivity index (χ2n) is 6.91. The number of hydrogen-bond acceptors (Lipinski definition) is 3. The Morgan fingerprint density at radius 1 is 1.16 bits per heavy atom. The van der Waals surface area contributed by atoms with E-state index in [-0.39, 0.29) is 17.7 Å². The molecule has 4 nitrogen and oxygen atoms in total. The smallest absolute Gasteiger partial charge is 0.287 e. The van der Waals surface area contributed by atoms with E-state index in [0.29, 0.717) is 23.3 Å². The number of halogens is 2. The minimum absolute atomic E-state index is 0.117. The Bertz CT molecular complexity index is 794. The van der Waals surface area contributed by atoms with Gasteiger partial charge in [0.1, 0.15) is 5.76 Å². The number of carbonyl (C=O) groups is 1. The molecule has 2 bridgehead atoms. The van der Waals surface area contributed by atoms with E-state index in [4.69, 9.17) is 4.42 Å².